The number of hydrogen-bond donors (Lipinski definition) is 1. The maximum absolute atomic E-state index is 12.6. The summed E-state index contributed by atoms with van der Waals surface area (Å²) in [5.74, 6) is -0.262. The van der Waals surface area contributed by atoms with Crippen LogP contribution in [0, 0.1) is 3.57 Å². The summed E-state index contributed by atoms with van der Waals surface area (Å²) in [6.07, 6.45) is 0. The predicted octanol–water partition coefficient (Wildman–Crippen LogP) is 0.973. The molecule has 0 atom stereocenters. The third-order valence-corrected chi connectivity index (χ3v) is 4.80. The van der Waals surface area contributed by atoms with Crippen molar-refractivity contribution in [2.75, 3.05) is 26.2 Å². The molecule has 1 aromatic heterocycles. The molecule has 7 nitrogen and oxygen atoms in total. The Bertz CT molecular complexity index is 808. The highest BCUT2D eigenvalue weighted by Crippen LogP contribution is 2.16. The van der Waals surface area contributed by atoms with E-state index in [-0.39, 0.29) is 23.1 Å². The van der Waals surface area contributed by atoms with Crippen LogP contribution >= 0.6 is 22.6 Å². The van der Waals surface area contributed by atoms with E-state index in [0.717, 1.165) is 3.57 Å². The lowest BCUT2D eigenvalue weighted by Crippen LogP contribution is -2.50. The Morgan fingerprint density at radius 3 is 2.17 bits per heavy atom. The lowest BCUT2D eigenvalue weighted by Gasteiger charge is -2.34. The maximum atomic E-state index is 12.6. The number of nitrogens with one attached hydrogen (secondary N) is 1. The molecule has 124 valence electrons. The first-order chi connectivity index (χ1) is 11.6. The van der Waals surface area contributed by atoms with Crippen LogP contribution in [0.3, 0.4) is 0 Å². The summed E-state index contributed by atoms with van der Waals surface area (Å²) in [7, 11) is 0. The molecule has 1 aliphatic heterocycles. The lowest BCUT2D eigenvalue weighted by atomic mass is 10.2. The van der Waals surface area contributed by atoms with Gasteiger partial charge in [-0.1, -0.05) is 12.1 Å². The molecular weight excluding hydrogens is 423 g/mol. The molecule has 2 heterocycles. The Hall–Kier alpha value is -2.23. The Balaban J connectivity index is 1.64. The Kier molecular flexibility index (Phi) is 4.93. The molecule has 0 aliphatic carbocycles. The number of aromatic nitrogens is 2. The van der Waals surface area contributed by atoms with Crippen LogP contribution in [0.25, 0.3) is 0 Å². The van der Waals surface area contributed by atoms with Crippen molar-refractivity contribution in [3.05, 3.63) is 61.6 Å². The van der Waals surface area contributed by atoms with Gasteiger partial charge >= 0.3 is 0 Å². The first kappa shape index (κ1) is 16.6. The maximum Gasteiger partial charge on any atom is 0.274 e. The molecule has 1 N–H and O–H groups in total. The van der Waals surface area contributed by atoms with E-state index in [0.29, 0.717) is 31.7 Å². The molecule has 1 saturated heterocycles. The number of nitrogens with zero attached hydrogens (tertiary/aromatic N) is 3. The Morgan fingerprint density at radius 1 is 0.958 bits per heavy atom. The van der Waals surface area contributed by atoms with E-state index >= 15 is 0 Å². The minimum Gasteiger partial charge on any atom is -0.335 e. The summed E-state index contributed by atoms with van der Waals surface area (Å²) < 4.78 is 0.913. The molecule has 2 aromatic rings. The zero-order valence-electron chi connectivity index (χ0n) is 12.7. The van der Waals surface area contributed by atoms with Crippen LogP contribution in [-0.2, 0) is 0 Å². The molecule has 1 fully saturated rings. The van der Waals surface area contributed by atoms with Gasteiger partial charge in [-0.05, 0) is 40.8 Å². The molecule has 3 rings (SSSR count). The topological polar surface area (TPSA) is 86.4 Å². The second kappa shape index (κ2) is 7.12. The van der Waals surface area contributed by atoms with Crippen LogP contribution in [0.2, 0.25) is 0 Å². The number of carbonyl (C=O) groups is 2. The van der Waals surface area contributed by atoms with E-state index in [1.807, 2.05) is 24.3 Å². The largest absolute Gasteiger partial charge is 0.335 e. The van der Waals surface area contributed by atoms with Crippen molar-refractivity contribution < 1.29 is 9.59 Å². The van der Waals surface area contributed by atoms with Crippen LogP contribution in [0.4, 0.5) is 0 Å². The van der Waals surface area contributed by atoms with Crippen LogP contribution in [0.1, 0.15) is 20.8 Å². The highest BCUT2D eigenvalue weighted by atomic mass is 127. The number of rotatable bonds is 2. The minimum absolute atomic E-state index is 0.0192. The van der Waals surface area contributed by atoms with Gasteiger partial charge in [0.05, 0.1) is 5.56 Å². The van der Waals surface area contributed by atoms with Crippen molar-refractivity contribution in [1.29, 1.82) is 0 Å². The van der Waals surface area contributed by atoms with Gasteiger partial charge in [-0.3, -0.25) is 14.4 Å². The van der Waals surface area contributed by atoms with Crippen LogP contribution in [0.5, 0.6) is 0 Å². The standard InChI is InChI=1S/C16H15IN4O3/c17-12-4-2-1-3-11(12)15(23)20-7-9-21(10-8-20)16(24)13-5-6-14(22)19-18-13/h1-6H,7-10H2,(H,19,22). The highest BCUT2D eigenvalue weighted by Gasteiger charge is 2.26. The molecule has 1 aliphatic rings. The average molecular weight is 438 g/mol. The third-order valence-electron chi connectivity index (χ3n) is 3.86. The van der Waals surface area contributed by atoms with Gasteiger partial charge in [0, 0.05) is 35.8 Å². The minimum atomic E-state index is -0.348. The first-order valence-corrected chi connectivity index (χ1v) is 8.53. The summed E-state index contributed by atoms with van der Waals surface area (Å²) in [4.78, 5) is 39.3. The molecule has 8 heteroatoms. The van der Waals surface area contributed by atoms with Crippen molar-refractivity contribution in [1.82, 2.24) is 20.0 Å². The number of carbonyl (C=O) groups excluding carboxylic acids is 2. The van der Waals surface area contributed by atoms with Crippen LogP contribution < -0.4 is 5.56 Å². The van der Waals surface area contributed by atoms with Gasteiger partial charge in [0.25, 0.3) is 17.4 Å². The molecule has 2 amide bonds. The summed E-state index contributed by atoms with van der Waals surface area (Å²) in [6.45, 7) is 1.82. The van der Waals surface area contributed by atoms with Crippen LogP contribution in [-0.4, -0.2) is 58.0 Å². The first-order valence-electron chi connectivity index (χ1n) is 7.45. The molecule has 0 unspecified atom stereocenters. The molecule has 0 radical (unpaired) electrons. The van der Waals surface area contributed by atoms with E-state index in [4.69, 9.17) is 0 Å². The number of benzene rings is 1. The van der Waals surface area contributed by atoms with Gasteiger partial charge in [0.15, 0.2) is 0 Å². The van der Waals surface area contributed by atoms with E-state index in [1.165, 1.54) is 12.1 Å². The second-order valence-electron chi connectivity index (χ2n) is 5.37. The van der Waals surface area contributed by atoms with Gasteiger partial charge in [-0.25, -0.2) is 5.10 Å². The number of amides is 2. The fourth-order valence-electron chi connectivity index (χ4n) is 2.54. The van der Waals surface area contributed by atoms with Crippen molar-refractivity contribution in [3.8, 4) is 0 Å². The molecular formula is C16H15IN4O3. The quantitative estimate of drug-likeness (QED) is 0.709. The summed E-state index contributed by atoms with van der Waals surface area (Å²) in [6, 6.07) is 10.1. The van der Waals surface area contributed by atoms with Gasteiger partial charge in [0.1, 0.15) is 5.69 Å². The number of halogens is 1. The molecule has 0 saturated carbocycles. The van der Waals surface area contributed by atoms with E-state index in [1.54, 1.807) is 9.80 Å². The van der Waals surface area contributed by atoms with Gasteiger partial charge in [-0.2, -0.15) is 5.10 Å². The number of hydrogen-bond acceptors (Lipinski definition) is 4. The monoisotopic (exact) mass is 438 g/mol. The lowest BCUT2D eigenvalue weighted by molar-refractivity contribution is 0.0531. The molecule has 0 bridgehead atoms. The SMILES string of the molecule is O=C(c1ccc(=O)[nH]n1)N1CCN(C(=O)c2ccccc2I)CC1. The number of H-pyrrole nitrogens is 1. The van der Waals surface area contributed by atoms with Crippen molar-refractivity contribution >= 4 is 34.4 Å². The number of piperazine rings is 1. The van der Waals surface area contributed by atoms with Crippen molar-refractivity contribution in [2.45, 2.75) is 0 Å². The highest BCUT2D eigenvalue weighted by molar-refractivity contribution is 14.1. The van der Waals surface area contributed by atoms with Gasteiger partial charge in [-0.15, -0.1) is 0 Å². The third kappa shape index (κ3) is 3.48. The van der Waals surface area contributed by atoms with Crippen LogP contribution in [0.15, 0.2) is 41.2 Å². The van der Waals surface area contributed by atoms with Gasteiger partial charge < -0.3 is 9.80 Å². The smallest absolute Gasteiger partial charge is 0.274 e. The summed E-state index contributed by atoms with van der Waals surface area (Å²) in [5, 5.41) is 6.01. The van der Waals surface area contributed by atoms with Gasteiger partial charge in [0.2, 0.25) is 0 Å². The van der Waals surface area contributed by atoms with E-state index in [9.17, 15) is 14.4 Å². The predicted molar refractivity (Wildman–Crippen MR) is 95.8 cm³/mol. The summed E-state index contributed by atoms with van der Waals surface area (Å²) >= 11 is 2.15. The molecule has 24 heavy (non-hydrogen) atoms. The Labute approximate surface area is 151 Å². The fourth-order valence-corrected chi connectivity index (χ4v) is 3.16. The van der Waals surface area contributed by atoms with E-state index in [2.05, 4.69) is 32.8 Å². The number of aromatic amines is 1. The Morgan fingerprint density at radius 2 is 1.58 bits per heavy atom. The zero-order chi connectivity index (χ0) is 17.1. The summed E-state index contributed by atoms with van der Waals surface area (Å²) in [5.41, 5.74) is 0.534. The van der Waals surface area contributed by atoms with E-state index < -0.39 is 0 Å². The molecule has 1 aromatic carbocycles. The fraction of sp³-hybridized carbons (Fsp3) is 0.250. The normalized spacial score (nSPS) is 14.5. The second-order valence-corrected chi connectivity index (χ2v) is 6.53. The average Bonchev–Trinajstić information content (AvgIpc) is 2.62. The zero-order valence-corrected chi connectivity index (χ0v) is 14.9. The molecule has 0 spiro atoms. The van der Waals surface area contributed by atoms with Crippen molar-refractivity contribution in [2.24, 2.45) is 0 Å². The van der Waals surface area contributed by atoms with Crippen molar-refractivity contribution in [3.63, 3.8) is 0 Å².